The molecule has 2 aromatic heterocycles. The van der Waals surface area contributed by atoms with Crippen LogP contribution in [0.4, 0.5) is 0 Å². The second kappa shape index (κ2) is 4.56. The molecule has 0 atom stereocenters. The van der Waals surface area contributed by atoms with Crippen LogP contribution in [0, 0.1) is 0 Å². The van der Waals surface area contributed by atoms with Gasteiger partial charge in [-0.15, -0.1) is 0 Å². The molecule has 2 heterocycles. The highest BCUT2D eigenvalue weighted by atomic mass is 16.5. The van der Waals surface area contributed by atoms with Gasteiger partial charge < -0.3 is 9.47 Å². The number of methoxy groups -OCH3 is 2. The van der Waals surface area contributed by atoms with Crippen molar-refractivity contribution in [2.45, 2.75) is 0 Å². The lowest BCUT2D eigenvalue weighted by atomic mass is 10.1. The molecule has 0 aliphatic heterocycles. The zero-order valence-electron chi connectivity index (χ0n) is 10.6. The topological polar surface area (TPSA) is 61.5 Å². The number of ether oxygens (including phenoxy) is 2. The Labute approximate surface area is 109 Å². The molecular weight excluding hydrogens is 244 g/mol. The molecular formula is C13H12N4O2. The Morgan fingerprint density at radius 2 is 1.84 bits per heavy atom. The highest BCUT2D eigenvalue weighted by Crippen LogP contribution is 2.31. The molecule has 6 nitrogen and oxygen atoms in total. The van der Waals surface area contributed by atoms with Crippen molar-refractivity contribution in [3.63, 3.8) is 0 Å². The molecule has 6 heteroatoms. The van der Waals surface area contributed by atoms with E-state index < -0.39 is 0 Å². The standard InChI is InChI=1S/C13H12N4O2/c1-18-11-4-3-9(5-12(11)19-2)10-6-14-13-15-8-16-17(13)7-10/h3-8H,1-2H3. The Kier molecular flexibility index (Phi) is 2.75. The highest BCUT2D eigenvalue weighted by Gasteiger charge is 2.07. The van der Waals surface area contributed by atoms with Crippen molar-refractivity contribution in [1.82, 2.24) is 19.6 Å². The molecule has 19 heavy (non-hydrogen) atoms. The number of benzene rings is 1. The zero-order valence-corrected chi connectivity index (χ0v) is 10.6. The molecule has 96 valence electrons. The van der Waals surface area contributed by atoms with Crippen molar-refractivity contribution in [3.8, 4) is 22.6 Å². The predicted molar refractivity (Wildman–Crippen MR) is 69.3 cm³/mol. The minimum Gasteiger partial charge on any atom is -0.493 e. The number of rotatable bonds is 3. The largest absolute Gasteiger partial charge is 0.493 e. The highest BCUT2D eigenvalue weighted by molar-refractivity contribution is 5.66. The van der Waals surface area contributed by atoms with Gasteiger partial charge in [0.1, 0.15) is 6.33 Å². The maximum atomic E-state index is 5.29. The summed E-state index contributed by atoms with van der Waals surface area (Å²) in [4.78, 5) is 8.24. The van der Waals surface area contributed by atoms with Crippen molar-refractivity contribution >= 4 is 5.78 Å². The summed E-state index contributed by atoms with van der Waals surface area (Å²) in [5, 5.41) is 4.07. The lowest BCUT2D eigenvalue weighted by Gasteiger charge is -2.09. The van der Waals surface area contributed by atoms with Gasteiger partial charge in [-0.05, 0) is 17.7 Å². The number of hydrogen-bond donors (Lipinski definition) is 0. The van der Waals surface area contributed by atoms with Gasteiger partial charge in [0.25, 0.3) is 5.78 Å². The molecule has 0 N–H and O–H groups in total. The summed E-state index contributed by atoms with van der Waals surface area (Å²) < 4.78 is 12.1. The number of hydrogen-bond acceptors (Lipinski definition) is 5. The quantitative estimate of drug-likeness (QED) is 0.715. The first kappa shape index (κ1) is 11.5. The molecule has 0 saturated heterocycles. The Hall–Kier alpha value is -2.63. The maximum Gasteiger partial charge on any atom is 0.252 e. The van der Waals surface area contributed by atoms with E-state index in [0.717, 1.165) is 11.1 Å². The predicted octanol–water partition coefficient (Wildman–Crippen LogP) is 1.81. The van der Waals surface area contributed by atoms with Gasteiger partial charge in [0, 0.05) is 18.0 Å². The fourth-order valence-corrected chi connectivity index (χ4v) is 1.88. The van der Waals surface area contributed by atoms with E-state index in [1.165, 1.54) is 6.33 Å². The lowest BCUT2D eigenvalue weighted by molar-refractivity contribution is 0.355. The van der Waals surface area contributed by atoms with E-state index in [2.05, 4.69) is 15.1 Å². The summed E-state index contributed by atoms with van der Waals surface area (Å²) in [5.41, 5.74) is 1.90. The van der Waals surface area contributed by atoms with Gasteiger partial charge in [-0.1, -0.05) is 6.07 Å². The fourth-order valence-electron chi connectivity index (χ4n) is 1.88. The SMILES string of the molecule is COc1ccc(-c2cnc3ncnn3c2)cc1OC. The normalized spacial score (nSPS) is 10.6. The zero-order chi connectivity index (χ0) is 13.2. The van der Waals surface area contributed by atoms with Crippen molar-refractivity contribution in [1.29, 1.82) is 0 Å². The summed E-state index contributed by atoms with van der Waals surface area (Å²) in [6.45, 7) is 0. The van der Waals surface area contributed by atoms with Gasteiger partial charge in [-0.3, -0.25) is 0 Å². The Morgan fingerprint density at radius 1 is 1.00 bits per heavy atom. The summed E-state index contributed by atoms with van der Waals surface area (Å²) >= 11 is 0. The van der Waals surface area contributed by atoms with Crippen LogP contribution < -0.4 is 9.47 Å². The molecule has 0 bridgehead atoms. The first-order valence-electron chi connectivity index (χ1n) is 5.69. The third-order valence-corrected chi connectivity index (χ3v) is 2.85. The molecule has 0 saturated carbocycles. The molecule has 0 fully saturated rings. The minimum atomic E-state index is 0.573. The first-order valence-corrected chi connectivity index (χ1v) is 5.69. The van der Waals surface area contributed by atoms with Crippen LogP contribution in [0.25, 0.3) is 16.9 Å². The van der Waals surface area contributed by atoms with E-state index in [4.69, 9.17) is 9.47 Å². The fraction of sp³-hybridized carbons (Fsp3) is 0.154. The van der Waals surface area contributed by atoms with E-state index in [-0.39, 0.29) is 0 Å². The van der Waals surface area contributed by atoms with Crippen LogP contribution in [0.2, 0.25) is 0 Å². The molecule has 3 rings (SSSR count). The molecule has 0 unspecified atom stereocenters. The summed E-state index contributed by atoms with van der Waals surface area (Å²) in [7, 11) is 3.22. The Balaban J connectivity index is 2.09. The van der Waals surface area contributed by atoms with Gasteiger partial charge in [0.05, 0.1) is 14.2 Å². The smallest absolute Gasteiger partial charge is 0.252 e. The van der Waals surface area contributed by atoms with Crippen molar-refractivity contribution in [3.05, 3.63) is 36.9 Å². The van der Waals surface area contributed by atoms with E-state index in [1.54, 1.807) is 24.9 Å². The van der Waals surface area contributed by atoms with Crippen molar-refractivity contribution < 1.29 is 9.47 Å². The lowest BCUT2D eigenvalue weighted by Crippen LogP contribution is -1.94. The number of fused-ring (bicyclic) bond motifs is 1. The number of nitrogens with zero attached hydrogens (tertiary/aromatic N) is 4. The van der Waals surface area contributed by atoms with Crippen molar-refractivity contribution in [2.75, 3.05) is 14.2 Å². The van der Waals surface area contributed by atoms with Crippen LogP contribution in [-0.4, -0.2) is 33.8 Å². The van der Waals surface area contributed by atoms with Crippen LogP contribution in [0.5, 0.6) is 11.5 Å². The minimum absolute atomic E-state index is 0.573. The average Bonchev–Trinajstić information content (AvgIpc) is 2.93. The van der Waals surface area contributed by atoms with E-state index in [9.17, 15) is 0 Å². The molecule has 0 aliphatic carbocycles. The van der Waals surface area contributed by atoms with E-state index in [0.29, 0.717) is 17.3 Å². The van der Waals surface area contributed by atoms with Gasteiger partial charge in [0.2, 0.25) is 0 Å². The van der Waals surface area contributed by atoms with E-state index in [1.807, 2.05) is 24.4 Å². The Bertz CT molecular complexity index is 723. The first-order chi connectivity index (χ1) is 9.31. The van der Waals surface area contributed by atoms with Crippen LogP contribution in [-0.2, 0) is 0 Å². The molecule has 0 amide bonds. The van der Waals surface area contributed by atoms with Gasteiger partial charge >= 0.3 is 0 Å². The maximum absolute atomic E-state index is 5.29. The molecule has 3 aromatic rings. The van der Waals surface area contributed by atoms with E-state index >= 15 is 0 Å². The molecule has 0 radical (unpaired) electrons. The van der Waals surface area contributed by atoms with Crippen LogP contribution in [0.3, 0.4) is 0 Å². The monoisotopic (exact) mass is 256 g/mol. The molecule has 1 aromatic carbocycles. The van der Waals surface area contributed by atoms with Crippen LogP contribution >= 0.6 is 0 Å². The molecule has 0 spiro atoms. The van der Waals surface area contributed by atoms with Crippen molar-refractivity contribution in [2.24, 2.45) is 0 Å². The van der Waals surface area contributed by atoms with Crippen LogP contribution in [0.15, 0.2) is 36.9 Å². The van der Waals surface area contributed by atoms with Crippen LogP contribution in [0.1, 0.15) is 0 Å². The third-order valence-electron chi connectivity index (χ3n) is 2.85. The van der Waals surface area contributed by atoms with Gasteiger partial charge in [-0.25, -0.2) is 9.50 Å². The van der Waals surface area contributed by atoms with Gasteiger partial charge in [-0.2, -0.15) is 10.1 Å². The average molecular weight is 256 g/mol. The summed E-state index contributed by atoms with van der Waals surface area (Å²) in [6, 6.07) is 5.71. The second-order valence-electron chi connectivity index (χ2n) is 3.92. The summed E-state index contributed by atoms with van der Waals surface area (Å²) in [6.07, 6.45) is 5.10. The third kappa shape index (κ3) is 1.97. The Morgan fingerprint density at radius 3 is 2.63 bits per heavy atom. The summed E-state index contributed by atoms with van der Waals surface area (Å²) in [5.74, 6) is 1.95. The second-order valence-corrected chi connectivity index (χ2v) is 3.92. The van der Waals surface area contributed by atoms with Gasteiger partial charge in [0.15, 0.2) is 11.5 Å². The molecule has 0 aliphatic rings. The number of aromatic nitrogens is 4.